The lowest BCUT2D eigenvalue weighted by atomic mass is 9.78. The molecule has 3 rings (SSSR count). The third-order valence-electron chi connectivity index (χ3n) is 4.00. The van der Waals surface area contributed by atoms with Gasteiger partial charge in [-0.3, -0.25) is 0 Å². The Morgan fingerprint density at radius 2 is 1.75 bits per heavy atom. The molecular formula is C15H19NO2S2. The van der Waals surface area contributed by atoms with Crippen LogP contribution in [0.1, 0.15) is 16.2 Å². The van der Waals surface area contributed by atoms with Crippen molar-refractivity contribution in [2.75, 3.05) is 20.1 Å². The molecule has 1 aliphatic heterocycles. The van der Waals surface area contributed by atoms with Crippen LogP contribution in [0.3, 0.4) is 0 Å². The largest absolute Gasteiger partial charge is 0.392 e. The minimum atomic E-state index is -0.988. The van der Waals surface area contributed by atoms with Crippen LogP contribution < -0.4 is 0 Å². The number of piperidine rings is 1. The Bertz CT molecular complexity index is 494. The maximum absolute atomic E-state index is 11.5. The first kappa shape index (κ1) is 14.2. The van der Waals surface area contributed by atoms with Gasteiger partial charge in [-0.15, -0.1) is 22.7 Å². The maximum atomic E-state index is 11.5. The lowest BCUT2D eigenvalue weighted by Crippen LogP contribution is -2.49. The first-order valence-electron chi connectivity index (χ1n) is 6.77. The molecule has 0 bridgehead atoms. The number of hydrogen-bond donors (Lipinski definition) is 2. The molecule has 3 heterocycles. The normalized spacial score (nSPS) is 24.9. The van der Waals surface area contributed by atoms with Gasteiger partial charge in [-0.2, -0.15) is 0 Å². The van der Waals surface area contributed by atoms with Crippen molar-refractivity contribution in [2.24, 2.45) is 5.92 Å². The summed E-state index contributed by atoms with van der Waals surface area (Å²) in [5.74, 6) is 0.00792. The van der Waals surface area contributed by atoms with Crippen molar-refractivity contribution in [3.63, 3.8) is 0 Å². The third kappa shape index (κ3) is 2.44. The molecule has 108 valence electrons. The second-order valence-electron chi connectivity index (χ2n) is 5.53. The zero-order valence-electron chi connectivity index (χ0n) is 11.4. The quantitative estimate of drug-likeness (QED) is 0.915. The van der Waals surface area contributed by atoms with E-state index in [1.165, 1.54) is 0 Å². The van der Waals surface area contributed by atoms with Gasteiger partial charge in [0.2, 0.25) is 0 Å². The summed E-state index contributed by atoms with van der Waals surface area (Å²) >= 11 is 3.16. The molecule has 2 aromatic rings. The van der Waals surface area contributed by atoms with Crippen molar-refractivity contribution in [1.82, 2.24) is 4.90 Å². The van der Waals surface area contributed by atoms with Crippen molar-refractivity contribution >= 4 is 22.7 Å². The van der Waals surface area contributed by atoms with Gasteiger partial charge in [-0.25, -0.2) is 0 Å². The van der Waals surface area contributed by atoms with Crippen LogP contribution in [0.25, 0.3) is 0 Å². The molecule has 0 amide bonds. The van der Waals surface area contributed by atoms with E-state index in [4.69, 9.17) is 0 Å². The van der Waals surface area contributed by atoms with E-state index in [2.05, 4.69) is 4.90 Å². The standard InChI is InChI=1S/C15H19NO2S2/c1-16-9-11(8-12(17)10-16)15(18,13-4-2-6-19-13)14-5-3-7-20-14/h2-7,11-12,17-18H,8-10H2,1H3/t11-,12-/m0/s1. The minimum Gasteiger partial charge on any atom is -0.392 e. The van der Waals surface area contributed by atoms with E-state index >= 15 is 0 Å². The topological polar surface area (TPSA) is 43.7 Å². The fourth-order valence-electron chi connectivity index (χ4n) is 3.11. The highest BCUT2D eigenvalue weighted by Gasteiger charge is 2.44. The van der Waals surface area contributed by atoms with Gasteiger partial charge in [0, 0.05) is 28.8 Å². The van der Waals surface area contributed by atoms with E-state index in [0.717, 1.165) is 16.3 Å². The number of aliphatic hydroxyl groups is 2. The van der Waals surface area contributed by atoms with E-state index in [1.807, 2.05) is 42.1 Å². The van der Waals surface area contributed by atoms with Crippen molar-refractivity contribution < 1.29 is 10.2 Å². The molecule has 1 saturated heterocycles. The number of likely N-dealkylation sites (N-methyl/N-ethyl adjacent to an activating group) is 1. The number of hydrogen-bond acceptors (Lipinski definition) is 5. The maximum Gasteiger partial charge on any atom is 0.137 e. The van der Waals surface area contributed by atoms with E-state index in [-0.39, 0.29) is 12.0 Å². The third-order valence-corrected chi connectivity index (χ3v) is 5.98. The van der Waals surface area contributed by atoms with Gasteiger partial charge in [0.05, 0.1) is 6.10 Å². The minimum absolute atomic E-state index is 0.00792. The van der Waals surface area contributed by atoms with Gasteiger partial charge < -0.3 is 15.1 Å². The second kappa shape index (κ2) is 5.58. The van der Waals surface area contributed by atoms with E-state index in [1.54, 1.807) is 22.7 Å². The number of likely N-dealkylation sites (tertiary alicyclic amines) is 1. The van der Waals surface area contributed by atoms with Crippen LogP contribution in [0.4, 0.5) is 0 Å². The summed E-state index contributed by atoms with van der Waals surface area (Å²) in [7, 11) is 2.00. The summed E-state index contributed by atoms with van der Waals surface area (Å²) < 4.78 is 0. The number of thiophene rings is 2. The summed E-state index contributed by atoms with van der Waals surface area (Å²) in [6.45, 7) is 1.48. The highest BCUT2D eigenvalue weighted by Crippen LogP contribution is 2.44. The van der Waals surface area contributed by atoms with Crippen molar-refractivity contribution in [1.29, 1.82) is 0 Å². The lowest BCUT2D eigenvalue weighted by Gasteiger charge is -2.42. The lowest BCUT2D eigenvalue weighted by molar-refractivity contribution is -0.0468. The van der Waals surface area contributed by atoms with E-state index in [9.17, 15) is 10.2 Å². The molecule has 20 heavy (non-hydrogen) atoms. The fraction of sp³-hybridized carbons (Fsp3) is 0.467. The molecule has 2 N–H and O–H groups in total. The van der Waals surface area contributed by atoms with E-state index < -0.39 is 5.60 Å². The molecule has 1 aliphatic rings. The van der Waals surface area contributed by atoms with Crippen LogP contribution in [0, 0.1) is 5.92 Å². The van der Waals surface area contributed by atoms with Gasteiger partial charge >= 0.3 is 0 Å². The molecule has 2 aromatic heterocycles. The van der Waals surface area contributed by atoms with Crippen molar-refractivity contribution in [3.8, 4) is 0 Å². The highest BCUT2D eigenvalue weighted by atomic mass is 32.1. The number of rotatable bonds is 3. The summed E-state index contributed by atoms with van der Waals surface area (Å²) in [5.41, 5.74) is -0.988. The molecule has 1 fully saturated rings. The zero-order chi connectivity index (χ0) is 14.2. The number of aliphatic hydroxyl groups excluding tert-OH is 1. The molecule has 0 unspecified atom stereocenters. The molecule has 5 heteroatoms. The first-order chi connectivity index (χ1) is 9.60. The number of nitrogens with zero attached hydrogens (tertiary/aromatic N) is 1. The molecule has 0 aromatic carbocycles. The van der Waals surface area contributed by atoms with Crippen LogP contribution in [0.2, 0.25) is 0 Å². The Kier molecular flexibility index (Phi) is 3.97. The molecule has 0 radical (unpaired) electrons. The zero-order valence-corrected chi connectivity index (χ0v) is 13.0. The van der Waals surface area contributed by atoms with Crippen LogP contribution in [-0.4, -0.2) is 41.4 Å². The van der Waals surface area contributed by atoms with Gasteiger partial charge in [-0.05, 0) is 36.4 Å². The average Bonchev–Trinajstić information content (AvgIpc) is 3.10. The Morgan fingerprint density at radius 1 is 1.15 bits per heavy atom. The fourth-order valence-corrected chi connectivity index (χ4v) is 5.00. The smallest absolute Gasteiger partial charge is 0.137 e. The monoisotopic (exact) mass is 309 g/mol. The van der Waals surface area contributed by atoms with Crippen LogP contribution >= 0.6 is 22.7 Å². The molecule has 0 spiro atoms. The summed E-state index contributed by atoms with van der Waals surface area (Å²) in [5, 5.41) is 25.5. The van der Waals surface area contributed by atoms with Gasteiger partial charge in [0.15, 0.2) is 0 Å². The molecule has 0 saturated carbocycles. The summed E-state index contributed by atoms with van der Waals surface area (Å²) in [4.78, 5) is 4.03. The highest BCUT2D eigenvalue weighted by molar-refractivity contribution is 7.11. The molecular weight excluding hydrogens is 290 g/mol. The van der Waals surface area contributed by atoms with Crippen LogP contribution in [0.5, 0.6) is 0 Å². The van der Waals surface area contributed by atoms with Gasteiger partial charge in [0.1, 0.15) is 5.60 Å². The molecule has 2 atom stereocenters. The predicted octanol–water partition coefficient (Wildman–Crippen LogP) is 2.36. The van der Waals surface area contributed by atoms with E-state index in [0.29, 0.717) is 13.0 Å². The Hall–Kier alpha value is -0.720. The molecule has 3 nitrogen and oxygen atoms in total. The molecule has 0 aliphatic carbocycles. The van der Waals surface area contributed by atoms with Crippen LogP contribution in [0.15, 0.2) is 35.0 Å². The second-order valence-corrected chi connectivity index (χ2v) is 7.42. The Balaban J connectivity index is 2.02. The average molecular weight is 309 g/mol. The Morgan fingerprint density at radius 3 is 2.20 bits per heavy atom. The van der Waals surface area contributed by atoms with Gasteiger partial charge in [-0.1, -0.05) is 12.1 Å². The number of β-amino-alcohol motifs (C(OH)–C–C–N with tert-alkyl or cyclic N) is 1. The first-order valence-corrected chi connectivity index (χ1v) is 8.53. The Labute approximate surface area is 127 Å². The predicted molar refractivity (Wildman–Crippen MR) is 83.2 cm³/mol. The summed E-state index contributed by atoms with van der Waals surface area (Å²) in [6, 6.07) is 7.93. The summed E-state index contributed by atoms with van der Waals surface area (Å²) in [6.07, 6.45) is 0.265. The van der Waals surface area contributed by atoms with Crippen molar-refractivity contribution in [2.45, 2.75) is 18.1 Å². The van der Waals surface area contributed by atoms with Crippen molar-refractivity contribution in [3.05, 3.63) is 44.8 Å². The van der Waals surface area contributed by atoms with Gasteiger partial charge in [0.25, 0.3) is 0 Å². The van der Waals surface area contributed by atoms with Crippen LogP contribution in [-0.2, 0) is 5.60 Å². The SMILES string of the molecule is CN1C[C@@H](O)C[C@H](C(O)(c2cccs2)c2cccs2)C1.